The van der Waals surface area contributed by atoms with E-state index in [4.69, 9.17) is 5.11 Å². The Kier molecular flexibility index (Phi) is 5.08. The first kappa shape index (κ1) is 15.7. The fourth-order valence-corrected chi connectivity index (χ4v) is 3.05. The summed E-state index contributed by atoms with van der Waals surface area (Å²) < 4.78 is 26.5. The number of nitrogens with one attached hydrogen (secondary N) is 1. The van der Waals surface area contributed by atoms with Crippen LogP contribution in [0.15, 0.2) is 29.2 Å². The molecule has 0 heterocycles. The number of carboxylic acids is 1. The summed E-state index contributed by atoms with van der Waals surface area (Å²) in [4.78, 5) is 11.1. The lowest BCUT2D eigenvalue weighted by Crippen LogP contribution is -2.44. The van der Waals surface area contributed by atoms with Gasteiger partial charge in [-0.15, -0.1) is 0 Å². The van der Waals surface area contributed by atoms with Gasteiger partial charge < -0.3 is 5.11 Å². The SMILES string of the molecule is CCc1cccc(S(=O)(=O)N[C@@H](C(=O)O)C(C)C)c1. The van der Waals surface area contributed by atoms with Gasteiger partial charge >= 0.3 is 5.97 Å². The third kappa shape index (κ3) is 4.04. The maximum atomic E-state index is 12.1. The van der Waals surface area contributed by atoms with E-state index >= 15 is 0 Å². The van der Waals surface area contributed by atoms with Crippen LogP contribution in [0, 0.1) is 5.92 Å². The predicted octanol–water partition coefficient (Wildman–Crippen LogP) is 1.64. The number of aryl methyl sites for hydroxylation is 1. The molecule has 0 aromatic heterocycles. The second-order valence-corrected chi connectivity index (χ2v) is 6.40. The molecule has 0 radical (unpaired) electrons. The Bertz CT molecular complexity index is 552. The lowest BCUT2D eigenvalue weighted by molar-refractivity contribution is -0.140. The first-order valence-corrected chi connectivity index (χ1v) is 7.60. The Labute approximate surface area is 113 Å². The highest BCUT2D eigenvalue weighted by atomic mass is 32.2. The minimum atomic E-state index is -3.81. The Morgan fingerprint density at radius 1 is 1.37 bits per heavy atom. The van der Waals surface area contributed by atoms with Crippen LogP contribution in [0.2, 0.25) is 0 Å². The van der Waals surface area contributed by atoms with Crippen molar-refractivity contribution in [3.8, 4) is 0 Å². The molecule has 0 amide bonds. The quantitative estimate of drug-likeness (QED) is 0.832. The van der Waals surface area contributed by atoms with Gasteiger partial charge in [-0.25, -0.2) is 8.42 Å². The third-order valence-corrected chi connectivity index (χ3v) is 4.27. The normalized spacial score (nSPS) is 13.5. The first-order valence-electron chi connectivity index (χ1n) is 6.12. The van der Waals surface area contributed by atoms with Gasteiger partial charge in [0.2, 0.25) is 10.0 Å². The van der Waals surface area contributed by atoms with Crippen molar-refractivity contribution in [2.45, 2.75) is 38.1 Å². The van der Waals surface area contributed by atoms with Crippen molar-refractivity contribution in [3.63, 3.8) is 0 Å². The molecule has 0 aliphatic carbocycles. The van der Waals surface area contributed by atoms with Gasteiger partial charge in [-0.05, 0) is 30.0 Å². The summed E-state index contributed by atoms with van der Waals surface area (Å²) in [5, 5.41) is 9.03. The topological polar surface area (TPSA) is 83.5 Å². The maximum absolute atomic E-state index is 12.1. The fourth-order valence-electron chi connectivity index (χ4n) is 1.64. The van der Waals surface area contributed by atoms with Crippen molar-refractivity contribution in [3.05, 3.63) is 29.8 Å². The number of carbonyl (C=O) groups is 1. The molecule has 0 unspecified atom stereocenters. The van der Waals surface area contributed by atoms with Crippen LogP contribution in [0.4, 0.5) is 0 Å². The number of sulfonamides is 1. The van der Waals surface area contributed by atoms with Gasteiger partial charge in [0.15, 0.2) is 0 Å². The van der Waals surface area contributed by atoms with E-state index in [1.165, 1.54) is 6.07 Å². The third-order valence-electron chi connectivity index (χ3n) is 2.83. The minimum Gasteiger partial charge on any atom is -0.480 e. The molecule has 0 fully saturated rings. The number of aliphatic carboxylic acids is 1. The van der Waals surface area contributed by atoms with E-state index in [9.17, 15) is 13.2 Å². The summed E-state index contributed by atoms with van der Waals surface area (Å²) in [5.74, 6) is -1.51. The van der Waals surface area contributed by atoms with Gasteiger partial charge in [0.05, 0.1) is 4.90 Å². The standard InChI is InChI=1S/C13H19NO4S/c1-4-10-6-5-7-11(8-10)19(17,18)14-12(9(2)3)13(15)16/h5-9,12,14H,4H2,1-3H3,(H,15,16)/t12-/m1/s1. The summed E-state index contributed by atoms with van der Waals surface area (Å²) in [6.45, 7) is 5.24. The molecule has 6 heteroatoms. The molecule has 0 spiro atoms. The highest BCUT2D eigenvalue weighted by Crippen LogP contribution is 2.14. The predicted molar refractivity (Wildman–Crippen MR) is 72.4 cm³/mol. The average molecular weight is 285 g/mol. The number of hydrogen-bond acceptors (Lipinski definition) is 3. The van der Waals surface area contributed by atoms with Crippen LogP contribution in [0.1, 0.15) is 26.3 Å². The number of benzene rings is 1. The fraction of sp³-hybridized carbons (Fsp3) is 0.462. The van der Waals surface area contributed by atoms with E-state index in [0.717, 1.165) is 12.0 Å². The van der Waals surface area contributed by atoms with E-state index in [0.29, 0.717) is 0 Å². The maximum Gasteiger partial charge on any atom is 0.322 e. The molecule has 1 aromatic rings. The molecule has 1 rings (SSSR count). The van der Waals surface area contributed by atoms with Crippen molar-refractivity contribution in [1.82, 2.24) is 4.72 Å². The summed E-state index contributed by atoms with van der Waals surface area (Å²) in [5.41, 5.74) is 0.888. The number of rotatable bonds is 6. The minimum absolute atomic E-state index is 0.0961. The zero-order valence-corrected chi connectivity index (χ0v) is 12.1. The van der Waals surface area contributed by atoms with Crippen LogP contribution in [0.25, 0.3) is 0 Å². The van der Waals surface area contributed by atoms with Gasteiger partial charge in [-0.2, -0.15) is 4.72 Å². The Hall–Kier alpha value is -1.40. The Morgan fingerprint density at radius 3 is 2.47 bits per heavy atom. The molecule has 1 atom stereocenters. The average Bonchev–Trinajstić information content (AvgIpc) is 2.35. The molecule has 0 aliphatic heterocycles. The first-order chi connectivity index (χ1) is 8.77. The number of carboxylic acid groups (broad SMARTS) is 1. The summed E-state index contributed by atoms with van der Waals surface area (Å²) in [6.07, 6.45) is 0.718. The van der Waals surface area contributed by atoms with Gasteiger partial charge in [-0.1, -0.05) is 32.9 Å². The van der Waals surface area contributed by atoms with Crippen LogP contribution in [-0.4, -0.2) is 25.5 Å². The van der Waals surface area contributed by atoms with E-state index in [-0.39, 0.29) is 10.8 Å². The summed E-state index contributed by atoms with van der Waals surface area (Å²) in [6, 6.07) is 5.37. The molecule has 0 bridgehead atoms. The van der Waals surface area contributed by atoms with E-state index < -0.39 is 22.0 Å². The van der Waals surface area contributed by atoms with Crippen molar-refractivity contribution < 1.29 is 18.3 Å². The zero-order chi connectivity index (χ0) is 14.6. The van der Waals surface area contributed by atoms with Crippen molar-refractivity contribution in [1.29, 1.82) is 0 Å². The highest BCUT2D eigenvalue weighted by Gasteiger charge is 2.27. The van der Waals surface area contributed by atoms with Crippen molar-refractivity contribution >= 4 is 16.0 Å². The van der Waals surface area contributed by atoms with Crippen LogP contribution in [-0.2, 0) is 21.2 Å². The largest absolute Gasteiger partial charge is 0.480 e. The van der Waals surface area contributed by atoms with Crippen LogP contribution in [0.5, 0.6) is 0 Å². The van der Waals surface area contributed by atoms with Gasteiger partial charge in [0.25, 0.3) is 0 Å². The Balaban J connectivity index is 3.06. The molecule has 19 heavy (non-hydrogen) atoms. The van der Waals surface area contributed by atoms with Crippen LogP contribution in [0.3, 0.4) is 0 Å². The van der Waals surface area contributed by atoms with E-state index in [1.807, 2.05) is 13.0 Å². The molecule has 1 aromatic carbocycles. The summed E-state index contributed by atoms with van der Waals surface area (Å²) >= 11 is 0. The highest BCUT2D eigenvalue weighted by molar-refractivity contribution is 7.89. The molecule has 2 N–H and O–H groups in total. The molecule has 0 saturated carbocycles. The van der Waals surface area contributed by atoms with Crippen molar-refractivity contribution in [2.75, 3.05) is 0 Å². The van der Waals surface area contributed by atoms with E-state index in [2.05, 4.69) is 4.72 Å². The van der Waals surface area contributed by atoms with Crippen molar-refractivity contribution in [2.24, 2.45) is 5.92 Å². The second kappa shape index (κ2) is 6.16. The zero-order valence-electron chi connectivity index (χ0n) is 11.3. The van der Waals surface area contributed by atoms with Crippen LogP contribution >= 0.6 is 0 Å². The lowest BCUT2D eigenvalue weighted by Gasteiger charge is -2.18. The molecular formula is C13H19NO4S. The number of hydrogen-bond donors (Lipinski definition) is 2. The monoisotopic (exact) mass is 285 g/mol. The molecule has 5 nitrogen and oxygen atoms in total. The molecular weight excluding hydrogens is 266 g/mol. The molecule has 0 aliphatic rings. The smallest absolute Gasteiger partial charge is 0.322 e. The molecule has 0 saturated heterocycles. The van der Waals surface area contributed by atoms with Crippen LogP contribution < -0.4 is 4.72 Å². The Morgan fingerprint density at radius 2 is 2.00 bits per heavy atom. The van der Waals surface area contributed by atoms with Gasteiger partial charge in [0.1, 0.15) is 6.04 Å². The van der Waals surface area contributed by atoms with Gasteiger partial charge in [-0.3, -0.25) is 4.79 Å². The van der Waals surface area contributed by atoms with E-state index in [1.54, 1.807) is 26.0 Å². The molecule has 106 valence electrons. The second-order valence-electron chi connectivity index (χ2n) is 4.68. The lowest BCUT2D eigenvalue weighted by atomic mass is 10.1. The summed E-state index contributed by atoms with van der Waals surface area (Å²) in [7, 11) is -3.81. The van der Waals surface area contributed by atoms with Gasteiger partial charge in [0, 0.05) is 0 Å².